The Hall–Kier alpha value is -2.08. The number of hydrogen-bond acceptors (Lipinski definition) is 4. The predicted molar refractivity (Wildman–Crippen MR) is 77.6 cm³/mol. The molecule has 0 aliphatic rings. The number of aromatic nitrogens is 1. The fraction of sp³-hybridized carbons (Fsp3) is 0.267. The molecule has 0 fully saturated rings. The summed E-state index contributed by atoms with van der Waals surface area (Å²) in [7, 11) is 0. The number of carbonyl (C=O) groups excluding carboxylic acids is 1. The fourth-order valence-corrected chi connectivity index (χ4v) is 2.66. The van der Waals surface area contributed by atoms with Crippen LogP contribution in [-0.2, 0) is 16.0 Å². The summed E-state index contributed by atoms with van der Waals surface area (Å²) < 4.78 is 13.2. The lowest BCUT2D eigenvalue weighted by molar-refractivity contribution is -0.143. The summed E-state index contributed by atoms with van der Waals surface area (Å²) in [4.78, 5) is 26.8. The molecule has 110 valence electrons. The minimum Gasteiger partial charge on any atom is -0.481 e. The molecule has 1 aromatic carbocycles. The highest BCUT2D eigenvalue weighted by Gasteiger charge is 2.17. The molecule has 0 saturated heterocycles. The number of ketones is 1. The van der Waals surface area contributed by atoms with E-state index in [0.717, 1.165) is 0 Å². The number of benzene rings is 1. The molecule has 1 atom stereocenters. The zero-order chi connectivity index (χ0) is 15.4. The Labute approximate surface area is 125 Å². The summed E-state index contributed by atoms with van der Waals surface area (Å²) in [5.74, 6) is -2.18. The van der Waals surface area contributed by atoms with Gasteiger partial charge in [-0.2, -0.15) is 0 Å². The number of thiazole rings is 1. The summed E-state index contributed by atoms with van der Waals surface area (Å²) in [6, 6.07) is 6.09. The van der Waals surface area contributed by atoms with Crippen molar-refractivity contribution in [3.63, 3.8) is 0 Å². The first-order chi connectivity index (χ1) is 9.95. The van der Waals surface area contributed by atoms with E-state index in [9.17, 15) is 14.0 Å². The van der Waals surface area contributed by atoms with E-state index in [-0.39, 0.29) is 24.4 Å². The first kappa shape index (κ1) is 15.3. The van der Waals surface area contributed by atoms with E-state index in [4.69, 9.17) is 5.11 Å². The molecule has 0 spiro atoms. The van der Waals surface area contributed by atoms with Crippen LogP contribution in [0.3, 0.4) is 0 Å². The van der Waals surface area contributed by atoms with Gasteiger partial charge in [0.1, 0.15) is 16.6 Å². The number of rotatable bonds is 6. The van der Waals surface area contributed by atoms with Gasteiger partial charge in [-0.25, -0.2) is 9.37 Å². The molecule has 1 N–H and O–H groups in total. The van der Waals surface area contributed by atoms with Crippen molar-refractivity contribution in [1.82, 2.24) is 4.98 Å². The molecule has 2 aromatic rings. The van der Waals surface area contributed by atoms with E-state index in [1.165, 1.54) is 30.4 Å². The van der Waals surface area contributed by atoms with Gasteiger partial charge in [0.2, 0.25) is 0 Å². The molecule has 4 nitrogen and oxygen atoms in total. The van der Waals surface area contributed by atoms with Gasteiger partial charge in [-0.3, -0.25) is 9.59 Å². The highest BCUT2D eigenvalue weighted by atomic mass is 32.1. The average molecular weight is 307 g/mol. The lowest BCUT2D eigenvalue weighted by Crippen LogP contribution is -2.16. The third-order valence-electron chi connectivity index (χ3n) is 2.96. The Morgan fingerprint density at radius 3 is 2.86 bits per heavy atom. The highest BCUT2D eigenvalue weighted by Crippen LogP contribution is 2.24. The van der Waals surface area contributed by atoms with E-state index in [1.54, 1.807) is 17.5 Å². The quantitative estimate of drug-likeness (QED) is 0.890. The van der Waals surface area contributed by atoms with Crippen LogP contribution in [0.4, 0.5) is 4.39 Å². The topological polar surface area (TPSA) is 67.3 Å². The predicted octanol–water partition coefficient (Wildman–Crippen LogP) is 3.17. The number of carboxylic acids is 1. The van der Waals surface area contributed by atoms with Gasteiger partial charge in [0.05, 0.1) is 11.6 Å². The van der Waals surface area contributed by atoms with Crippen LogP contribution in [0, 0.1) is 11.7 Å². The molecule has 0 radical (unpaired) electrons. The minimum atomic E-state index is -0.984. The highest BCUT2D eigenvalue weighted by molar-refractivity contribution is 7.13. The zero-order valence-electron chi connectivity index (χ0n) is 11.4. The Morgan fingerprint density at radius 1 is 1.43 bits per heavy atom. The van der Waals surface area contributed by atoms with Crippen LogP contribution < -0.4 is 0 Å². The standard InChI is InChI=1S/C15H14FNO3S/c1-9(15(19)20)5-13(18)7-12-8-21-14(17-12)10-3-2-4-11(16)6-10/h2-4,6,8-9H,5,7H2,1H3,(H,19,20)/t9-/m1/s1. The minimum absolute atomic E-state index is 0.0117. The number of nitrogens with zero attached hydrogens (tertiary/aromatic N) is 1. The van der Waals surface area contributed by atoms with Crippen LogP contribution in [0.25, 0.3) is 10.6 Å². The first-order valence-electron chi connectivity index (χ1n) is 6.40. The molecule has 0 aliphatic carbocycles. The van der Waals surface area contributed by atoms with Crippen molar-refractivity contribution in [2.45, 2.75) is 19.8 Å². The number of carboxylic acid groups (broad SMARTS) is 1. The molecule has 6 heteroatoms. The third kappa shape index (κ3) is 4.19. The maximum absolute atomic E-state index is 13.2. The van der Waals surface area contributed by atoms with Crippen LogP contribution in [-0.4, -0.2) is 21.8 Å². The van der Waals surface area contributed by atoms with Crippen molar-refractivity contribution >= 4 is 23.1 Å². The van der Waals surface area contributed by atoms with Gasteiger partial charge in [-0.1, -0.05) is 19.1 Å². The SMILES string of the molecule is C[C@H](CC(=O)Cc1csc(-c2cccc(F)c2)n1)C(=O)O. The van der Waals surface area contributed by atoms with Gasteiger partial charge in [0.15, 0.2) is 0 Å². The Bertz CT molecular complexity index is 668. The second-order valence-corrected chi connectivity index (χ2v) is 5.67. The van der Waals surface area contributed by atoms with Crippen molar-refractivity contribution in [3.05, 3.63) is 41.2 Å². The third-order valence-corrected chi connectivity index (χ3v) is 3.90. The van der Waals surface area contributed by atoms with Crippen LogP contribution >= 0.6 is 11.3 Å². The molecule has 0 saturated carbocycles. The Kier molecular flexibility index (Phi) is 4.80. The van der Waals surface area contributed by atoms with Gasteiger partial charge in [0.25, 0.3) is 0 Å². The average Bonchev–Trinajstić information content (AvgIpc) is 2.86. The number of halogens is 1. The number of carbonyl (C=O) groups is 2. The van der Waals surface area contributed by atoms with Gasteiger partial charge in [-0.05, 0) is 12.1 Å². The summed E-state index contributed by atoms with van der Waals surface area (Å²) in [5, 5.41) is 11.2. The molecule has 1 aromatic heterocycles. The molecule has 2 rings (SSSR count). The van der Waals surface area contributed by atoms with Crippen LogP contribution in [0.1, 0.15) is 19.0 Å². The lowest BCUT2D eigenvalue weighted by Gasteiger charge is -2.03. The summed E-state index contributed by atoms with van der Waals surface area (Å²) in [6.07, 6.45) is 0.0889. The smallest absolute Gasteiger partial charge is 0.306 e. The normalized spacial score (nSPS) is 12.1. The van der Waals surface area contributed by atoms with Crippen LogP contribution in [0.15, 0.2) is 29.6 Å². The van der Waals surface area contributed by atoms with Crippen molar-refractivity contribution in [3.8, 4) is 10.6 Å². The van der Waals surface area contributed by atoms with E-state index < -0.39 is 11.9 Å². The second kappa shape index (κ2) is 6.58. The Morgan fingerprint density at radius 2 is 2.19 bits per heavy atom. The number of Topliss-reactive ketones (excluding diaryl/α,β-unsaturated/α-hetero) is 1. The van der Waals surface area contributed by atoms with E-state index in [1.807, 2.05) is 0 Å². The Balaban J connectivity index is 2.03. The van der Waals surface area contributed by atoms with Crippen LogP contribution in [0.2, 0.25) is 0 Å². The summed E-state index contributed by atoms with van der Waals surface area (Å²) >= 11 is 1.33. The van der Waals surface area contributed by atoms with Crippen molar-refractivity contribution in [2.75, 3.05) is 0 Å². The van der Waals surface area contributed by atoms with E-state index >= 15 is 0 Å². The number of aliphatic carboxylic acids is 1. The fourth-order valence-electron chi connectivity index (χ4n) is 1.85. The molecule has 0 aliphatic heterocycles. The van der Waals surface area contributed by atoms with Crippen molar-refractivity contribution < 1.29 is 19.1 Å². The second-order valence-electron chi connectivity index (χ2n) is 4.81. The molecule has 1 heterocycles. The van der Waals surface area contributed by atoms with Gasteiger partial charge < -0.3 is 5.11 Å². The summed E-state index contributed by atoms with van der Waals surface area (Å²) in [6.45, 7) is 1.50. The molecule has 21 heavy (non-hydrogen) atoms. The van der Waals surface area contributed by atoms with Crippen molar-refractivity contribution in [1.29, 1.82) is 0 Å². The van der Waals surface area contributed by atoms with Crippen molar-refractivity contribution in [2.24, 2.45) is 5.92 Å². The number of hydrogen-bond donors (Lipinski definition) is 1. The lowest BCUT2D eigenvalue weighted by atomic mass is 10.0. The van der Waals surface area contributed by atoms with Gasteiger partial charge in [0, 0.05) is 23.8 Å². The largest absolute Gasteiger partial charge is 0.481 e. The van der Waals surface area contributed by atoms with Gasteiger partial charge >= 0.3 is 5.97 Å². The maximum Gasteiger partial charge on any atom is 0.306 e. The van der Waals surface area contributed by atoms with E-state index in [0.29, 0.717) is 16.3 Å². The maximum atomic E-state index is 13.2. The monoisotopic (exact) mass is 307 g/mol. The zero-order valence-corrected chi connectivity index (χ0v) is 12.2. The molecule has 0 unspecified atom stereocenters. The molecular weight excluding hydrogens is 293 g/mol. The molecular formula is C15H14FNO3S. The van der Waals surface area contributed by atoms with Crippen LogP contribution in [0.5, 0.6) is 0 Å². The molecule has 0 bridgehead atoms. The van der Waals surface area contributed by atoms with Gasteiger partial charge in [-0.15, -0.1) is 11.3 Å². The van der Waals surface area contributed by atoms with E-state index in [2.05, 4.69) is 4.98 Å². The first-order valence-corrected chi connectivity index (χ1v) is 7.28. The summed E-state index contributed by atoms with van der Waals surface area (Å²) in [5.41, 5.74) is 1.25. The molecule has 0 amide bonds.